The highest BCUT2D eigenvalue weighted by Crippen LogP contribution is 1.98. The topological polar surface area (TPSA) is 58.6 Å². The van der Waals surface area contributed by atoms with Crippen molar-refractivity contribution in [1.82, 2.24) is 15.0 Å². The molecule has 2 aromatic heterocycles. The highest BCUT2D eigenvalue weighted by Gasteiger charge is 1.80. The highest BCUT2D eigenvalue weighted by atomic mass is 16.3. The Labute approximate surface area is 75.9 Å². The van der Waals surface area contributed by atoms with Gasteiger partial charge in [0.15, 0.2) is 0 Å². The molecule has 0 bridgehead atoms. The molecular formula is C9H8N3O. The van der Waals surface area contributed by atoms with E-state index in [1.165, 1.54) is 18.6 Å². The van der Waals surface area contributed by atoms with E-state index in [1.807, 2.05) is 0 Å². The Kier molecular flexibility index (Phi) is 3.96. The maximum absolute atomic E-state index is 10.2. The van der Waals surface area contributed by atoms with Crippen LogP contribution < -0.4 is 0 Å². The molecule has 0 spiro atoms. The third-order valence-electron chi connectivity index (χ3n) is 1.12. The summed E-state index contributed by atoms with van der Waals surface area (Å²) in [4.78, 5) is 10.8. The zero-order chi connectivity index (χ0) is 9.36. The summed E-state index contributed by atoms with van der Waals surface area (Å²) in [5, 5.41) is 10.2. The van der Waals surface area contributed by atoms with Crippen LogP contribution in [0, 0.1) is 0 Å². The molecule has 0 aliphatic heterocycles. The highest BCUT2D eigenvalue weighted by molar-refractivity contribution is 5.05. The molecule has 2 rings (SSSR count). The van der Waals surface area contributed by atoms with Gasteiger partial charge in [-0.2, -0.15) is 0 Å². The molecule has 0 aliphatic carbocycles. The SMILES string of the molecule is [O]c1ccccn1.c1cncnc1. The summed E-state index contributed by atoms with van der Waals surface area (Å²) in [7, 11) is 0. The van der Waals surface area contributed by atoms with Crippen LogP contribution in [0.1, 0.15) is 0 Å². The summed E-state index contributed by atoms with van der Waals surface area (Å²) in [5.41, 5.74) is 0. The second-order valence-corrected chi connectivity index (χ2v) is 2.07. The molecular weight excluding hydrogens is 166 g/mol. The number of aromatic nitrogens is 3. The fourth-order valence-corrected chi connectivity index (χ4v) is 0.600. The Balaban J connectivity index is 0.000000132. The van der Waals surface area contributed by atoms with E-state index in [2.05, 4.69) is 15.0 Å². The lowest BCUT2D eigenvalue weighted by Gasteiger charge is -1.77. The Morgan fingerprint density at radius 3 is 1.92 bits per heavy atom. The normalized spacial score (nSPS) is 8.31. The molecule has 13 heavy (non-hydrogen) atoms. The largest absolute Gasteiger partial charge is 0.269 e. The van der Waals surface area contributed by atoms with E-state index >= 15 is 0 Å². The van der Waals surface area contributed by atoms with Crippen molar-refractivity contribution >= 4 is 0 Å². The average Bonchev–Trinajstić information content (AvgIpc) is 2.22. The van der Waals surface area contributed by atoms with Gasteiger partial charge in [0.25, 0.3) is 5.88 Å². The average molecular weight is 174 g/mol. The van der Waals surface area contributed by atoms with Gasteiger partial charge in [0.2, 0.25) is 0 Å². The summed E-state index contributed by atoms with van der Waals surface area (Å²) < 4.78 is 0. The van der Waals surface area contributed by atoms with E-state index in [4.69, 9.17) is 0 Å². The lowest BCUT2D eigenvalue weighted by atomic mass is 10.5. The van der Waals surface area contributed by atoms with Crippen LogP contribution in [0.15, 0.2) is 49.2 Å². The minimum absolute atomic E-state index is 0.178. The molecule has 4 heteroatoms. The van der Waals surface area contributed by atoms with Crippen LogP contribution in [0.25, 0.3) is 0 Å². The maximum Gasteiger partial charge on any atom is 0.269 e. The molecule has 2 heterocycles. The van der Waals surface area contributed by atoms with E-state index in [0.29, 0.717) is 0 Å². The Morgan fingerprint density at radius 2 is 1.69 bits per heavy atom. The first kappa shape index (κ1) is 9.12. The number of hydrogen-bond donors (Lipinski definition) is 0. The van der Waals surface area contributed by atoms with E-state index in [1.54, 1.807) is 30.6 Å². The number of rotatable bonds is 0. The van der Waals surface area contributed by atoms with Gasteiger partial charge in [-0.3, -0.25) is 5.11 Å². The zero-order valence-electron chi connectivity index (χ0n) is 6.87. The van der Waals surface area contributed by atoms with Gasteiger partial charge in [-0.15, -0.1) is 0 Å². The molecule has 0 saturated carbocycles. The van der Waals surface area contributed by atoms with Crippen molar-refractivity contribution < 1.29 is 5.11 Å². The molecule has 1 radical (unpaired) electrons. The zero-order valence-corrected chi connectivity index (χ0v) is 6.87. The third kappa shape index (κ3) is 4.47. The first-order valence-corrected chi connectivity index (χ1v) is 3.67. The third-order valence-corrected chi connectivity index (χ3v) is 1.12. The second kappa shape index (κ2) is 5.65. The van der Waals surface area contributed by atoms with Gasteiger partial charge in [0, 0.05) is 24.7 Å². The molecule has 65 valence electrons. The Bertz CT molecular complexity index is 285. The maximum atomic E-state index is 10.2. The molecule has 0 unspecified atom stereocenters. The van der Waals surface area contributed by atoms with Gasteiger partial charge in [-0.25, -0.2) is 15.0 Å². The Hall–Kier alpha value is -1.97. The summed E-state index contributed by atoms with van der Waals surface area (Å²) >= 11 is 0. The molecule has 2 aromatic rings. The molecule has 0 N–H and O–H groups in total. The summed E-state index contributed by atoms with van der Waals surface area (Å²) in [5.74, 6) is -0.178. The van der Waals surface area contributed by atoms with Gasteiger partial charge in [-0.1, -0.05) is 6.07 Å². The van der Waals surface area contributed by atoms with Crippen molar-refractivity contribution in [2.45, 2.75) is 0 Å². The molecule has 0 saturated heterocycles. The van der Waals surface area contributed by atoms with Crippen LogP contribution in [0.3, 0.4) is 0 Å². The van der Waals surface area contributed by atoms with Crippen molar-refractivity contribution in [2.75, 3.05) is 0 Å². The molecule has 0 amide bonds. The predicted octanol–water partition coefficient (Wildman–Crippen LogP) is 1.70. The van der Waals surface area contributed by atoms with Gasteiger partial charge < -0.3 is 0 Å². The van der Waals surface area contributed by atoms with Crippen molar-refractivity contribution in [3.63, 3.8) is 0 Å². The number of nitrogens with zero attached hydrogens (tertiary/aromatic N) is 3. The summed E-state index contributed by atoms with van der Waals surface area (Å²) in [6.07, 6.45) is 6.35. The number of pyridine rings is 1. The van der Waals surface area contributed by atoms with Crippen LogP contribution in [-0.2, 0) is 5.11 Å². The van der Waals surface area contributed by atoms with Crippen LogP contribution in [-0.4, -0.2) is 15.0 Å². The van der Waals surface area contributed by atoms with E-state index in [-0.39, 0.29) is 5.88 Å². The van der Waals surface area contributed by atoms with Crippen LogP contribution in [0.5, 0.6) is 5.88 Å². The van der Waals surface area contributed by atoms with Crippen molar-refractivity contribution in [1.29, 1.82) is 0 Å². The van der Waals surface area contributed by atoms with Gasteiger partial charge in [0.05, 0.1) is 0 Å². The standard InChI is InChI=1S/C5H4NO.C4H4N2/c7-5-3-1-2-4-6-5;1-2-5-4-6-3-1/h1-4H;1-4H. The Morgan fingerprint density at radius 1 is 0.923 bits per heavy atom. The molecule has 0 fully saturated rings. The first-order valence-electron chi connectivity index (χ1n) is 3.67. The van der Waals surface area contributed by atoms with Gasteiger partial charge in [-0.05, 0) is 12.1 Å². The van der Waals surface area contributed by atoms with Crippen molar-refractivity contribution in [3.05, 3.63) is 49.2 Å². The molecule has 0 aromatic carbocycles. The van der Waals surface area contributed by atoms with Crippen molar-refractivity contribution in [2.24, 2.45) is 0 Å². The van der Waals surface area contributed by atoms with Crippen LogP contribution in [0.2, 0.25) is 0 Å². The van der Waals surface area contributed by atoms with E-state index < -0.39 is 0 Å². The monoisotopic (exact) mass is 174 g/mol. The lowest BCUT2D eigenvalue weighted by Crippen LogP contribution is -1.66. The van der Waals surface area contributed by atoms with E-state index in [0.717, 1.165) is 0 Å². The predicted molar refractivity (Wildman–Crippen MR) is 46.4 cm³/mol. The summed E-state index contributed by atoms with van der Waals surface area (Å²) in [6.45, 7) is 0. The summed E-state index contributed by atoms with van der Waals surface area (Å²) in [6, 6.07) is 6.57. The smallest absolute Gasteiger partial charge is 0.267 e. The van der Waals surface area contributed by atoms with E-state index in [9.17, 15) is 5.11 Å². The fourth-order valence-electron chi connectivity index (χ4n) is 0.600. The second-order valence-electron chi connectivity index (χ2n) is 2.07. The minimum atomic E-state index is -0.178. The fraction of sp³-hybridized carbons (Fsp3) is 0. The molecule has 0 aliphatic rings. The quantitative estimate of drug-likeness (QED) is 0.610. The molecule has 4 nitrogen and oxygen atoms in total. The minimum Gasteiger partial charge on any atom is -0.267 e. The van der Waals surface area contributed by atoms with Crippen LogP contribution >= 0.6 is 0 Å². The van der Waals surface area contributed by atoms with Gasteiger partial charge in [0.1, 0.15) is 6.33 Å². The number of hydrogen-bond acceptors (Lipinski definition) is 3. The first-order chi connectivity index (χ1) is 6.39. The molecule has 0 atom stereocenters. The van der Waals surface area contributed by atoms with Crippen molar-refractivity contribution in [3.8, 4) is 5.88 Å². The lowest BCUT2D eigenvalue weighted by molar-refractivity contribution is 0.337. The van der Waals surface area contributed by atoms with Crippen LogP contribution in [0.4, 0.5) is 0 Å². The van der Waals surface area contributed by atoms with Gasteiger partial charge >= 0.3 is 0 Å².